The molecule has 20 heavy (non-hydrogen) atoms. The molecule has 0 saturated carbocycles. The molecule has 1 aliphatic rings. The number of hydrogen-bond acceptors (Lipinski definition) is 4. The highest BCUT2D eigenvalue weighted by molar-refractivity contribution is 6.01. The van der Waals surface area contributed by atoms with Crippen molar-refractivity contribution in [1.29, 1.82) is 0 Å². The van der Waals surface area contributed by atoms with Crippen LogP contribution in [0.1, 0.15) is 19.3 Å². The number of ether oxygens (including phenoxy) is 1. The topological polar surface area (TPSA) is 93.5 Å². The minimum Gasteiger partial charge on any atom is -0.368 e. The molecule has 6 nitrogen and oxygen atoms in total. The lowest BCUT2D eigenvalue weighted by atomic mass is 10.2. The van der Waals surface area contributed by atoms with Gasteiger partial charge in [-0.1, -0.05) is 12.1 Å². The number of nitrogens with one attached hydrogen (secondary N) is 2. The van der Waals surface area contributed by atoms with E-state index in [1.54, 1.807) is 24.3 Å². The van der Waals surface area contributed by atoms with Crippen LogP contribution >= 0.6 is 0 Å². The fraction of sp³-hybridized carbons (Fsp3) is 0.429. The highest BCUT2D eigenvalue weighted by atomic mass is 16.5. The van der Waals surface area contributed by atoms with Gasteiger partial charge in [0, 0.05) is 19.6 Å². The molecule has 1 saturated heterocycles. The molecule has 0 aliphatic carbocycles. The summed E-state index contributed by atoms with van der Waals surface area (Å²) in [4.78, 5) is 23.6. The number of para-hydroxylation sites is 2. The number of rotatable bonds is 5. The minimum atomic E-state index is -0.400. The van der Waals surface area contributed by atoms with Crippen LogP contribution in [0.5, 0.6) is 0 Å². The van der Waals surface area contributed by atoms with Crippen LogP contribution in [0.15, 0.2) is 24.3 Å². The smallest absolute Gasteiger partial charge is 0.253 e. The summed E-state index contributed by atoms with van der Waals surface area (Å²) in [5.74, 6) is -0.352. The molecule has 108 valence electrons. The molecule has 0 radical (unpaired) electrons. The quantitative estimate of drug-likeness (QED) is 0.751. The summed E-state index contributed by atoms with van der Waals surface area (Å²) in [6, 6.07) is 7.06. The minimum absolute atomic E-state index is 0.175. The lowest BCUT2D eigenvalue weighted by Gasteiger charge is -2.14. The Hall–Kier alpha value is -1.92. The van der Waals surface area contributed by atoms with Gasteiger partial charge >= 0.3 is 0 Å². The van der Waals surface area contributed by atoms with E-state index in [0.29, 0.717) is 18.0 Å². The Morgan fingerprint density at radius 3 is 2.55 bits per heavy atom. The first-order chi connectivity index (χ1) is 9.70. The molecule has 1 aromatic rings. The maximum absolute atomic E-state index is 12.0. The number of carbonyl (C=O) groups is 2. The number of nitrogens with two attached hydrogens (primary N) is 1. The van der Waals surface area contributed by atoms with Gasteiger partial charge in [-0.3, -0.25) is 9.59 Å². The van der Waals surface area contributed by atoms with Gasteiger partial charge in [0.15, 0.2) is 0 Å². The molecule has 1 aliphatic heterocycles. The number of anilines is 2. The highest BCUT2D eigenvalue weighted by Gasteiger charge is 2.24. The number of benzene rings is 1. The van der Waals surface area contributed by atoms with Gasteiger partial charge in [0.2, 0.25) is 5.91 Å². The maximum Gasteiger partial charge on any atom is 0.253 e. The van der Waals surface area contributed by atoms with Gasteiger partial charge in [-0.15, -0.1) is 0 Å². The average molecular weight is 277 g/mol. The first-order valence-corrected chi connectivity index (χ1v) is 6.72. The molecule has 0 bridgehead atoms. The second kappa shape index (κ2) is 7.02. The van der Waals surface area contributed by atoms with Crippen molar-refractivity contribution in [2.45, 2.75) is 25.4 Å². The molecule has 2 amide bonds. The number of carbonyl (C=O) groups excluding carboxylic acids is 2. The van der Waals surface area contributed by atoms with E-state index in [0.717, 1.165) is 12.8 Å². The summed E-state index contributed by atoms with van der Waals surface area (Å²) in [5.41, 5.74) is 6.47. The molecule has 0 aromatic heterocycles. The zero-order valence-corrected chi connectivity index (χ0v) is 11.2. The largest absolute Gasteiger partial charge is 0.368 e. The van der Waals surface area contributed by atoms with Crippen molar-refractivity contribution in [3.63, 3.8) is 0 Å². The van der Waals surface area contributed by atoms with E-state index in [1.165, 1.54) is 0 Å². The van der Waals surface area contributed by atoms with E-state index in [-0.39, 0.29) is 24.8 Å². The van der Waals surface area contributed by atoms with Crippen LogP contribution < -0.4 is 16.4 Å². The summed E-state index contributed by atoms with van der Waals surface area (Å²) >= 11 is 0. The van der Waals surface area contributed by atoms with Gasteiger partial charge in [-0.05, 0) is 25.0 Å². The van der Waals surface area contributed by atoms with Crippen molar-refractivity contribution in [2.75, 3.05) is 23.8 Å². The first kappa shape index (κ1) is 14.5. The number of amides is 2. The lowest BCUT2D eigenvalue weighted by molar-refractivity contribution is -0.124. The van der Waals surface area contributed by atoms with Crippen LogP contribution in [-0.2, 0) is 14.3 Å². The molecular formula is C14H19N3O3. The van der Waals surface area contributed by atoms with Gasteiger partial charge in [-0.2, -0.15) is 0 Å². The predicted octanol–water partition coefficient (Wildman–Crippen LogP) is 1.09. The third-order valence-electron chi connectivity index (χ3n) is 3.05. The third-order valence-corrected chi connectivity index (χ3v) is 3.05. The fourth-order valence-electron chi connectivity index (χ4n) is 2.04. The van der Waals surface area contributed by atoms with Crippen molar-refractivity contribution in [3.8, 4) is 0 Å². The van der Waals surface area contributed by atoms with Gasteiger partial charge in [0.25, 0.3) is 5.91 Å². The first-order valence-electron chi connectivity index (χ1n) is 6.72. The SMILES string of the molecule is NCCC(=O)Nc1ccccc1NC(=O)C1CCCO1. The van der Waals surface area contributed by atoms with E-state index in [2.05, 4.69) is 10.6 Å². The van der Waals surface area contributed by atoms with Gasteiger partial charge in [-0.25, -0.2) is 0 Å². The molecule has 2 rings (SSSR count). The van der Waals surface area contributed by atoms with Crippen LogP contribution in [0.4, 0.5) is 11.4 Å². The van der Waals surface area contributed by atoms with Crippen molar-refractivity contribution in [3.05, 3.63) is 24.3 Å². The molecule has 4 N–H and O–H groups in total. The van der Waals surface area contributed by atoms with Crippen LogP contribution in [0.25, 0.3) is 0 Å². The fourth-order valence-corrected chi connectivity index (χ4v) is 2.04. The Morgan fingerprint density at radius 1 is 1.25 bits per heavy atom. The molecule has 1 aromatic carbocycles. The van der Waals surface area contributed by atoms with E-state index in [4.69, 9.17) is 10.5 Å². The Kier molecular flexibility index (Phi) is 5.09. The molecular weight excluding hydrogens is 258 g/mol. The van der Waals surface area contributed by atoms with E-state index in [1.807, 2.05) is 0 Å². The monoisotopic (exact) mass is 277 g/mol. The van der Waals surface area contributed by atoms with Crippen molar-refractivity contribution >= 4 is 23.2 Å². The van der Waals surface area contributed by atoms with E-state index >= 15 is 0 Å². The van der Waals surface area contributed by atoms with Crippen molar-refractivity contribution in [1.82, 2.24) is 0 Å². The average Bonchev–Trinajstić information content (AvgIpc) is 2.95. The highest BCUT2D eigenvalue weighted by Crippen LogP contribution is 2.22. The summed E-state index contributed by atoms with van der Waals surface area (Å²) < 4.78 is 5.33. The Bertz CT molecular complexity index is 484. The summed E-state index contributed by atoms with van der Waals surface area (Å²) in [6.07, 6.45) is 1.47. The Balaban J connectivity index is 2.03. The van der Waals surface area contributed by atoms with Gasteiger partial charge in [0.1, 0.15) is 6.10 Å². The molecule has 0 spiro atoms. The second-order valence-corrected chi connectivity index (χ2v) is 4.62. The summed E-state index contributed by atoms with van der Waals surface area (Å²) in [7, 11) is 0. The molecule has 1 unspecified atom stereocenters. The Morgan fingerprint density at radius 2 is 1.95 bits per heavy atom. The van der Waals surface area contributed by atoms with E-state index < -0.39 is 6.10 Å². The van der Waals surface area contributed by atoms with Crippen molar-refractivity contribution in [2.24, 2.45) is 5.73 Å². The normalized spacial score (nSPS) is 17.8. The maximum atomic E-state index is 12.0. The van der Waals surface area contributed by atoms with Crippen LogP contribution in [0.2, 0.25) is 0 Å². The standard InChI is InChI=1S/C14H19N3O3/c15-8-7-13(18)16-10-4-1-2-5-11(10)17-14(19)12-6-3-9-20-12/h1-2,4-5,12H,3,6-9,15H2,(H,16,18)(H,17,19). The molecule has 1 fully saturated rings. The van der Waals surface area contributed by atoms with Gasteiger partial charge in [0.05, 0.1) is 11.4 Å². The lowest BCUT2D eigenvalue weighted by Crippen LogP contribution is -2.27. The van der Waals surface area contributed by atoms with Crippen LogP contribution in [0, 0.1) is 0 Å². The third kappa shape index (κ3) is 3.79. The van der Waals surface area contributed by atoms with Crippen LogP contribution in [0.3, 0.4) is 0 Å². The van der Waals surface area contributed by atoms with Crippen LogP contribution in [-0.4, -0.2) is 31.1 Å². The van der Waals surface area contributed by atoms with E-state index in [9.17, 15) is 9.59 Å². The second-order valence-electron chi connectivity index (χ2n) is 4.62. The summed E-state index contributed by atoms with van der Waals surface area (Å²) in [6.45, 7) is 0.906. The molecule has 6 heteroatoms. The predicted molar refractivity (Wildman–Crippen MR) is 76.3 cm³/mol. The summed E-state index contributed by atoms with van der Waals surface area (Å²) in [5, 5.41) is 5.52. The Labute approximate surface area is 117 Å². The number of hydrogen-bond donors (Lipinski definition) is 3. The zero-order chi connectivity index (χ0) is 14.4. The van der Waals surface area contributed by atoms with Crippen molar-refractivity contribution < 1.29 is 14.3 Å². The van der Waals surface area contributed by atoms with Gasteiger partial charge < -0.3 is 21.1 Å². The zero-order valence-electron chi connectivity index (χ0n) is 11.2. The molecule has 1 atom stereocenters. The molecule has 1 heterocycles.